The van der Waals surface area contributed by atoms with Crippen LogP contribution in [0.5, 0.6) is 0 Å². The highest BCUT2D eigenvalue weighted by Crippen LogP contribution is 2.37. The molecule has 2 heterocycles. The van der Waals surface area contributed by atoms with Crippen LogP contribution in [0.15, 0.2) is 30.3 Å². The predicted molar refractivity (Wildman–Crippen MR) is 136 cm³/mol. The number of morpholine rings is 1. The van der Waals surface area contributed by atoms with Crippen molar-refractivity contribution in [3.05, 3.63) is 45.4 Å². The molecule has 8 nitrogen and oxygen atoms in total. The van der Waals surface area contributed by atoms with Gasteiger partial charge in [-0.25, -0.2) is 4.39 Å². The number of carbonyl (C=O) groups excluding carboxylic acids is 3. The molecule has 0 bridgehead atoms. The largest absolute Gasteiger partial charge is 0.370 e. The van der Waals surface area contributed by atoms with Crippen LogP contribution in [-0.4, -0.2) is 67.1 Å². The van der Waals surface area contributed by atoms with E-state index in [1.807, 2.05) is 0 Å². The number of nitrogens with zero attached hydrogens (tertiary/aromatic N) is 2. The van der Waals surface area contributed by atoms with E-state index in [9.17, 15) is 14.4 Å². The summed E-state index contributed by atoms with van der Waals surface area (Å²) in [4.78, 5) is 42.4. The van der Waals surface area contributed by atoms with Crippen molar-refractivity contribution >= 4 is 52.0 Å². The number of hydrogen-bond acceptors (Lipinski definition) is 6. The minimum atomic E-state index is -0.637. The molecule has 11 heteroatoms. The van der Waals surface area contributed by atoms with Gasteiger partial charge in [-0.2, -0.15) is 0 Å². The van der Waals surface area contributed by atoms with Crippen LogP contribution < -0.4 is 15.5 Å². The summed E-state index contributed by atoms with van der Waals surface area (Å²) in [6.07, 6.45) is 5.13. The quantitative estimate of drug-likeness (QED) is 0.512. The van der Waals surface area contributed by atoms with E-state index in [1.165, 1.54) is 28.4 Å². The Labute approximate surface area is 217 Å². The number of benzene rings is 1. The van der Waals surface area contributed by atoms with E-state index in [2.05, 4.69) is 15.5 Å². The summed E-state index contributed by atoms with van der Waals surface area (Å²) < 4.78 is 20.7. The van der Waals surface area contributed by atoms with Gasteiger partial charge in [-0.05, 0) is 56.0 Å². The number of nitrogens with one attached hydrogen (secondary N) is 2. The van der Waals surface area contributed by atoms with Crippen molar-refractivity contribution in [2.24, 2.45) is 0 Å². The van der Waals surface area contributed by atoms with Crippen LogP contribution in [0.4, 0.5) is 15.8 Å². The van der Waals surface area contributed by atoms with Crippen LogP contribution in [-0.2, 0) is 14.3 Å². The van der Waals surface area contributed by atoms with Gasteiger partial charge in [0.25, 0.3) is 11.8 Å². The molecule has 1 aromatic heterocycles. The fraction of sp³-hybridized carbons (Fsp3) is 0.480. The lowest BCUT2D eigenvalue weighted by atomic mass is 9.89. The van der Waals surface area contributed by atoms with Gasteiger partial charge in [0.1, 0.15) is 18.5 Å². The summed E-state index contributed by atoms with van der Waals surface area (Å²) in [6.45, 7) is 0.798. The Hall–Kier alpha value is -2.53. The average molecular weight is 535 g/mol. The molecular weight excluding hydrogens is 507 g/mol. The van der Waals surface area contributed by atoms with Gasteiger partial charge in [0.15, 0.2) is 0 Å². The maximum atomic E-state index is 15.0. The second-order valence-electron chi connectivity index (χ2n) is 9.34. The highest BCUT2D eigenvalue weighted by Gasteiger charge is 2.43. The van der Waals surface area contributed by atoms with Crippen molar-refractivity contribution in [1.29, 1.82) is 0 Å². The standard InChI is InChI=1S/C25H28ClFN4O4S/c26-22-9-8-21(36-22)25(34)28-13-20(31(16-4-5-16)15-2-1-3-15)24(33)29-19-7-6-17(12-18(19)27)30-10-11-35-14-23(30)32/h6-9,12,15-16,20H,1-5,10-11,13-14H2,(H,28,34)(H,29,33)/t20-/m1/s1. The van der Waals surface area contributed by atoms with Crippen molar-refractivity contribution in [3.63, 3.8) is 0 Å². The first-order valence-electron chi connectivity index (χ1n) is 12.2. The first-order chi connectivity index (χ1) is 17.4. The Morgan fingerprint density at radius 1 is 1.19 bits per heavy atom. The zero-order valence-corrected chi connectivity index (χ0v) is 21.2. The van der Waals surface area contributed by atoms with Crippen molar-refractivity contribution in [2.45, 2.75) is 50.2 Å². The van der Waals surface area contributed by atoms with Gasteiger partial charge in [-0.3, -0.25) is 19.3 Å². The zero-order valence-electron chi connectivity index (χ0n) is 19.7. The second-order valence-corrected chi connectivity index (χ2v) is 11.1. The van der Waals surface area contributed by atoms with Crippen molar-refractivity contribution < 1.29 is 23.5 Å². The topological polar surface area (TPSA) is 91.0 Å². The number of anilines is 2. The minimum absolute atomic E-state index is 0.0372. The van der Waals surface area contributed by atoms with Gasteiger partial charge in [0.05, 0.1) is 21.5 Å². The smallest absolute Gasteiger partial charge is 0.261 e. The summed E-state index contributed by atoms with van der Waals surface area (Å²) >= 11 is 7.14. The molecule has 1 atom stereocenters. The number of amides is 3. The van der Waals surface area contributed by atoms with Gasteiger partial charge < -0.3 is 20.3 Å². The van der Waals surface area contributed by atoms with E-state index in [4.69, 9.17) is 16.3 Å². The minimum Gasteiger partial charge on any atom is -0.370 e. The molecule has 2 N–H and O–H groups in total. The summed E-state index contributed by atoms with van der Waals surface area (Å²) in [7, 11) is 0. The second kappa shape index (κ2) is 10.8. The molecular formula is C25H28ClFN4O4S. The van der Waals surface area contributed by atoms with E-state index >= 15 is 4.39 Å². The fourth-order valence-corrected chi connectivity index (χ4v) is 5.65. The molecule has 0 radical (unpaired) electrons. The van der Waals surface area contributed by atoms with Crippen LogP contribution >= 0.6 is 22.9 Å². The number of hydrogen-bond donors (Lipinski definition) is 2. The highest BCUT2D eigenvalue weighted by molar-refractivity contribution is 7.18. The number of halogens is 2. The fourth-order valence-electron chi connectivity index (χ4n) is 4.69. The molecule has 2 aromatic rings. The molecule has 0 spiro atoms. The first kappa shape index (κ1) is 25.1. The molecule has 3 fully saturated rings. The van der Waals surface area contributed by atoms with E-state index < -0.39 is 11.9 Å². The van der Waals surface area contributed by atoms with E-state index in [1.54, 1.807) is 18.2 Å². The Balaban J connectivity index is 1.32. The number of ether oxygens (including phenoxy) is 1. The number of thiophene rings is 1. The molecule has 0 unspecified atom stereocenters. The Kier molecular flexibility index (Phi) is 7.57. The monoisotopic (exact) mass is 534 g/mol. The predicted octanol–water partition coefficient (Wildman–Crippen LogP) is 3.66. The van der Waals surface area contributed by atoms with Crippen LogP contribution in [0.2, 0.25) is 4.34 Å². The zero-order chi connectivity index (χ0) is 25.2. The van der Waals surface area contributed by atoms with Crippen LogP contribution in [0.25, 0.3) is 0 Å². The van der Waals surface area contributed by atoms with E-state index in [0.29, 0.717) is 34.1 Å². The first-order valence-corrected chi connectivity index (χ1v) is 13.4. The molecule has 1 aromatic carbocycles. The maximum Gasteiger partial charge on any atom is 0.261 e. The molecule has 3 amide bonds. The Morgan fingerprint density at radius 2 is 1.97 bits per heavy atom. The Bertz CT molecular complexity index is 1150. The lowest BCUT2D eigenvalue weighted by Gasteiger charge is -2.42. The van der Waals surface area contributed by atoms with Gasteiger partial charge in [-0.15, -0.1) is 11.3 Å². The van der Waals surface area contributed by atoms with E-state index in [0.717, 1.165) is 32.1 Å². The number of rotatable bonds is 9. The summed E-state index contributed by atoms with van der Waals surface area (Å²) in [5.74, 6) is -1.52. The van der Waals surface area contributed by atoms with Crippen molar-refractivity contribution in [2.75, 3.05) is 36.5 Å². The van der Waals surface area contributed by atoms with Crippen LogP contribution in [0.3, 0.4) is 0 Å². The molecule has 36 heavy (non-hydrogen) atoms. The summed E-state index contributed by atoms with van der Waals surface area (Å²) in [6, 6.07) is 7.58. The average Bonchev–Trinajstić information content (AvgIpc) is 3.58. The van der Waals surface area contributed by atoms with Crippen molar-refractivity contribution in [1.82, 2.24) is 10.2 Å². The van der Waals surface area contributed by atoms with Gasteiger partial charge in [0, 0.05) is 30.9 Å². The molecule has 5 rings (SSSR count). The normalized spacial score (nSPS) is 19.2. The lowest BCUT2D eigenvalue weighted by molar-refractivity contribution is -0.125. The third-order valence-corrected chi connectivity index (χ3v) is 8.12. The van der Waals surface area contributed by atoms with Crippen LogP contribution in [0.1, 0.15) is 41.8 Å². The lowest BCUT2D eigenvalue weighted by Crippen LogP contribution is -2.57. The summed E-state index contributed by atoms with van der Waals surface area (Å²) in [5.41, 5.74) is 0.460. The van der Waals surface area contributed by atoms with Gasteiger partial charge in [0.2, 0.25) is 5.91 Å². The number of carbonyl (C=O) groups is 3. The molecule has 1 saturated heterocycles. The van der Waals surface area contributed by atoms with Gasteiger partial charge >= 0.3 is 0 Å². The molecule has 192 valence electrons. The molecule has 1 aliphatic heterocycles. The third kappa shape index (κ3) is 5.56. The Morgan fingerprint density at radius 3 is 2.58 bits per heavy atom. The highest BCUT2D eigenvalue weighted by atomic mass is 35.5. The molecule has 2 saturated carbocycles. The van der Waals surface area contributed by atoms with E-state index in [-0.39, 0.29) is 42.6 Å². The van der Waals surface area contributed by atoms with Crippen LogP contribution in [0, 0.1) is 5.82 Å². The third-order valence-electron chi connectivity index (χ3n) is 6.89. The van der Waals surface area contributed by atoms with Gasteiger partial charge in [-0.1, -0.05) is 18.0 Å². The SMILES string of the molecule is O=C(NC[C@H](C(=O)Nc1ccc(N2CCOCC2=O)cc1F)N(C1CCC1)C1CC1)c1ccc(Cl)s1. The maximum absolute atomic E-state index is 15.0. The molecule has 2 aliphatic carbocycles. The molecule has 3 aliphatic rings. The summed E-state index contributed by atoms with van der Waals surface area (Å²) in [5, 5.41) is 5.61. The van der Waals surface area contributed by atoms with Crippen molar-refractivity contribution in [3.8, 4) is 0 Å².